The van der Waals surface area contributed by atoms with Gasteiger partial charge in [0.2, 0.25) is 0 Å². The molecule has 178 valence electrons. The third-order valence-electron chi connectivity index (χ3n) is 6.95. The van der Waals surface area contributed by atoms with E-state index in [9.17, 15) is 19.2 Å². The Balaban J connectivity index is 1.24. The third-order valence-corrected chi connectivity index (χ3v) is 7.19. The highest BCUT2D eigenvalue weighted by atomic mass is 35.5. The largest absolute Gasteiger partial charge is 0.454 e. The fourth-order valence-corrected chi connectivity index (χ4v) is 5.12. The van der Waals surface area contributed by atoms with E-state index in [1.54, 1.807) is 4.90 Å². The number of halogens is 1. The van der Waals surface area contributed by atoms with Crippen LogP contribution >= 0.6 is 11.6 Å². The number of urea groups is 1. The minimum atomic E-state index is -0.923. The van der Waals surface area contributed by atoms with Crippen LogP contribution in [0, 0.1) is 5.92 Å². The van der Waals surface area contributed by atoms with E-state index in [1.165, 1.54) is 0 Å². The van der Waals surface area contributed by atoms with Gasteiger partial charge in [-0.2, -0.15) is 0 Å². The van der Waals surface area contributed by atoms with Crippen LogP contribution in [0.15, 0.2) is 24.3 Å². The first-order valence-electron chi connectivity index (χ1n) is 11.4. The number of anilines is 1. The molecule has 1 N–H and O–H groups in total. The average molecular weight is 477 g/mol. The minimum Gasteiger partial charge on any atom is -0.454 e. The predicted molar refractivity (Wildman–Crippen MR) is 122 cm³/mol. The van der Waals surface area contributed by atoms with Gasteiger partial charge in [-0.25, -0.2) is 4.79 Å². The number of rotatable bonds is 5. The summed E-state index contributed by atoms with van der Waals surface area (Å²) in [5.41, 5.74) is 0.0771. The van der Waals surface area contributed by atoms with Crippen molar-refractivity contribution in [3.05, 3.63) is 29.3 Å². The van der Waals surface area contributed by atoms with Crippen molar-refractivity contribution in [3.8, 4) is 0 Å². The summed E-state index contributed by atoms with van der Waals surface area (Å²) in [6.07, 6.45) is 3.30. The molecule has 2 saturated heterocycles. The molecular formula is C23H29ClN4O5. The van der Waals surface area contributed by atoms with Crippen LogP contribution in [0.4, 0.5) is 10.5 Å². The maximum atomic E-state index is 12.9. The normalized spacial score (nSPS) is 25.4. The lowest BCUT2D eigenvalue weighted by molar-refractivity contribution is -0.154. The number of esters is 1. The van der Waals surface area contributed by atoms with Crippen molar-refractivity contribution < 1.29 is 23.9 Å². The highest BCUT2D eigenvalue weighted by Crippen LogP contribution is 2.38. The standard InChI is InChI=1S/C23H29ClN4O5/c1-16-5-2-3-8-23(16)21(31)28(22(32)25-23)14-20(30)33-15-19(29)27-11-9-26(10-12-27)18-7-4-6-17(24)13-18/h4,6-7,13,16H,2-3,5,8-12,14-15H2,1H3,(H,25,32). The number of carbonyl (C=O) groups is 4. The van der Waals surface area contributed by atoms with Gasteiger partial charge in [-0.3, -0.25) is 19.3 Å². The molecule has 2 unspecified atom stereocenters. The molecule has 2 aliphatic heterocycles. The molecule has 1 aromatic carbocycles. The molecule has 33 heavy (non-hydrogen) atoms. The van der Waals surface area contributed by atoms with Crippen molar-refractivity contribution in [1.29, 1.82) is 0 Å². The van der Waals surface area contributed by atoms with Crippen LogP contribution in [-0.4, -0.2) is 78.5 Å². The zero-order valence-electron chi connectivity index (χ0n) is 18.7. The number of ether oxygens (including phenoxy) is 1. The zero-order valence-corrected chi connectivity index (χ0v) is 19.5. The second-order valence-corrected chi connectivity index (χ2v) is 9.38. The molecular weight excluding hydrogens is 448 g/mol. The lowest BCUT2D eigenvalue weighted by Gasteiger charge is -2.36. The number of amides is 4. The maximum Gasteiger partial charge on any atom is 0.326 e. The highest BCUT2D eigenvalue weighted by molar-refractivity contribution is 6.30. The molecule has 1 aliphatic carbocycles. The summed E-state index contributed by atoms with van der Waals surface area (Å²) in [6, 6.07) is 6.98. The van der Waals surface area contributed by atoms with Crippen LogP contribution in [0.1, 0.15) is 32.6 Å². The van der Waals surface area contributed by atoms with E-state index in [2.05, 4.69) is 10.2 Å². The van der Waals surface area contributed by atoms with Crippen molar-refractivity contribution >= 4 is 41.1 Å². The Morgan fingerprint density at radius 2 is 1.94 bits per heavy atom. The summed E-state index contributed by atoms with van der Waals surface area (Å²) < 4.78 is 5.11. The van der Waals surface area contributed by atoms with Crippen LogP contribution in [0.2, 0.25) is 5.02 Å². The molecule has 4 rings (SSSR count). The number of nitrogens with one attached hydrogen (secondary N) is 1. The zero-order chi connectivity index (χ0) is 23.6. The number of piperazine rings is 1. The van der Waals surface area contributed by atoms with Crippen LogP contribution in [-0.2, 0) is 19.1 Å². The van der Waals surface area contributed by atoms with Gasteiger partial charge in [0.05, 0.1) is 0 Å². The van der Waals surface area contributed by atoms with Crippen molar-refractivity contribution in [2.24, 2.45) is 5.92 Å². The molecule has 4 amide bonds. The number of imide groups is 1. The van der Waals surface area contributed by atoms with E-state index in [0.29, 0.717) is 37.6 Å². The van der Waals surface area contributed by atoms with Gasteiger partial charge in [0.1, 0.15) is 12.1 Å². The molecule has 10 heteroatoms. The second-order valence-electron chi connectivity index (χ2n) is 8.95. The summed E-state index contributed by atoms with van der Waals surface area (Å²) in [7, 11) is 0. The Morgan fingerprint density at radius 3 is 2.64 bits per heavy atom. The van der Waals surface area contributed by atoms with Crippen molar-refractivity contribution in [2.75, 3.05) is 44.2 Å². The van der Waals surface area contributed by atoms with Crippen molar-refractivity contribution in [3.63, 3.8) is 0 Å². The first-order chi connectivity index (χ1) is 15.8. The Labute approximate surface area is 198 Å². The van der Waals surface area contributed by atoms with Crippen LogP contribution < -0.4 is 10.2 Å². The average Bonchev–Trinajstić information content (AvgIpc) is 3.04. The van der Waals surface area contributed by atoms with Gasteiger partial charge in [-0.15, -0.1) is 0 Å². The number of hydrogen-bond donors (Lipinski definition) is 1. The smallest absolute Gasteiger partial charge is 0.326 e. The minimum absolute atomic E-state index is 0.0101. The van der Waals surface area contributed by atoms with E-state index >= 15 is 0 Å². The summed E-state index contributed by atoms with van der Waals surface area (Å²) >= 11 is 6.05. The van der Waals surface area contributed by atoms with Gasteiger partial charge in [-0.1, -0.05) is 37.4 Å². The summed E-state index contributed by atoms with van der Waals surface area (Å²) in [4.78, 5) is 54.8. The fraction of sp³-hybridized carbons (Fsp3) is 0.565. The Morgan fingerprint density at radius 1 is 1.18 bits per heavy atom. The van der Waals surface area contributed by atoms with E-state index in [1.807, 2.05) is 31.2 Å². The van der Waals surface area contributed by atoms with E-state index in [4.69, 9.17) is 16.3 Å². The van der Waals surface area contributed by atoms with Gasteiger partial charge >= 0.3 is 12.0 Å². The number of carbonyl (C=O) groups excluding carboxylic acids is 4. The Kier molecular flexibility index (Phi) is 6.78. The SMILES string of the molecule is CC1CCCCC12NC(=O)N(CC(=O)OCC(=O)N1CCN(c3cccc(Cl)c3)CC1)C2=O. The summed E-state index contributed by atoms with van der Waals surface area (Å²) in [5, 5.41) is 3.46. The summed E-state index contributed by atoms with van der Waals surface area (Å²) in [5.74, 6) is -1.44. The summed E-state index contributed by atoms with van der Waals surface area (Å²) in [6.45, 7) is 3.32. The lowest BCUT2D eigenvalue weighted by Crippen LogP contribution is -2.54. The van der Waals surface area contributed by atoms with Gasteiger partial charge in [-0.05, 0) is 37.0 Å². The highest BCUT2D eigenvalue weighted by Gasteiger charge is 2.55. The van der Waals surface area contributed by atoms with Gasteiger partial charge in [0.15, 0.2) is 6.61 Å². The molecule has 1 aromatic rings. The topological polar surface area (TPSA) is 99.3 Å². The molecule has 0 aromatic heterocycles. The molecule has 1 saturated carbocycles. The van der Waals surface area contributed by atoms with Crippen molar-refractivity contribution in [1.82, 2.24) is 15.1 Å². The Bertz CT molecular complexity index is 949. The molecule has 2 atom stereocenters. The molecule has 0 bridgehead atoms. The molecule has 3 fully saturated rings. The van der Waals surface area contributed by atoms with Crippen LogP contribution in [0.5, 0.6) is 0 Å². The fourth-order valence-electron chi connectivity index (χ4n) is 4.93. The molecule has 9 nitrogen and oxygen atoms in total. The Hall–Kier alpha value is -2.81. The first-order valence-corrected chi connectivity index (χ1v) is 11.8. The number of benzene rings is 1. The molecule has 0 radical (unpaired) electrons. The van der Waals surface area contributed by atoms with Crippen LogP contribution in [0.25, 0.3) is 0 Å². The monoisotopic (exact) mass is 476 g/mol. The van der Waals surface area contributed by atoms with E-state index in [0.717, 1.165) is 29.8 Å². The number of hydrogen-bond acceptors (Lipinski definition) is 6. The van der Waals surface area contributed by atoms with Gasteiger partial charge in [0, 0.05) is 36.9 Å². The molecule has 3 aliphatic rings. The van der Waals surface area contributed by atoms with E-state index < -0.39 is 30.7 Å². The molecule has 1 spiro atoms. The van der Waals surface area contributed by atoms with E-state index in [-0.39, 0.29) is 17.7 Å². The van der Waals surface area contributed by atoms with Gasteiger partial charge < -0.3 is 19.9 Å². The first kappa shape index (κ1) is 23.4. The second kappa shape index (κ2) is 9.59. The van der Waals surface area contributed by atoms with Crippen LogP contribution in [0.3, 0.4) is 0 Å². The maximum absolute atomic E-state index is 12.9. The number of nitrogens with zero attached hydrogens (tertiary/aromatic N) is 3. The van der Waals surface area contributed by atoms with Crippen molar-refractivity contribution in [2.45, 2.75) is 38.1 Å². The van der Waals surface area contributed by atoms with Gasteiger partial charge in [0.25, 0.3) is 11.8 Å². The third kappa shape index (κ3) is 4.78. The lowest BCUT2D eigenvalue weighted by atomic mass is 9.73. The predicted octanol–water partition coefficient (Wildman–Crippen LogP) is 2.03. The quantitative estimate of drug-likeness (QED) is 0.515. The molecule has 2 heterocycles.